The van der Waals surface area contributed by atoms with Crippen LogP contribution in [-0.2, 0) is 0 Å². The van der Waals surface area contributed by atoms with E-state index >= 15 is 0 Å². The van der Waals surface area contributed by atoms with Gasteiger partial charge in [-0.05, 0) is 53.4 Å². The van der Waals surface area contributed by atoms with Gasteiger partial charge < -0.3 is 4.90 Å². The van der Waals surface area contributed by atoms with Gasteiger partial charge in [0, 0.05) is 22.5 Å². The molecule has 0 spiro atoms. The summed E-state index contributed by atoms with van der Waals surface area (Å²) >= 11 is 5.01. The molecule has 0 amide bonds. The molecule has 3 aromatic rings. The highest BCUT2D eigenvalue weighted by Gasteiger charge is 2.19. The van der Waals surface area contributed by atoms with E-state index in [2.05, 4.69) is 79.4 Å². The highest BCUT2D eigenvalue weighted by Crippen LogP contribution is 2.36. The highest BCUT2D eigenvalue weighted by molar-refractivity contribution is 9.10. The predicted molar refractivity (Wildman–Crippen MR) is 98.7 cm³/mol. The summed E-state index contributed by atoms with van der Waals surface area (Å²) in [5, 5.41) is 4.22. The number of fused-ring (bicyclic) bond motifs is 1. The standard InChI is InChI=1S/C16H18BrN5S/c1-5-22(13-7-6-11(9(2)3)8-12(13)17)15-14-16(23-21-20-14)19-10(4)18-15/h6-9H,5H2,1-4H3. The number of hydrogen-bond donors (Lipinski definition) is 0. The second-order valence-corrected chi connectivity index (χ2v) is 7.22. The van der Waals surface area contributed by atoms with Crippen LogP contribution in [0.4, 0.5) is 11.5 Å². The molecule has 7 heteroatoms. The maximum absolute atomic E-state index is 4.62. The minimum absolute atomic E-state index is 0.492. The van der Waals surface area contributed by atoms with Crippen molar-refractivity contribution in [1.82, 2.24) is 19.6 Å². The lowest BCUT2D eigenvalue weighted by Crippen LogP contribution is -2.19. The number of aryl methyl sites for hydroxylation is 1. The third kappa shape index (κ3) is 3.07. The first-order chi connectivity index (χ1) is 11.0. The van der Waals surface area contributed by atoms with Gasteiger partial charge in [-0.25, -0.2) is 9.97 Å². The Labute approximate surface area is 148 Å². The van der Waals surface area contributed by atoms with Crippen LogP contribution in [-0.4, -0.2) is 26.1 Å². The Kier molecular flexibility index (Phi) is 4.59. The monoisotopic (exact) mass is 391 g/mol. The van der Waals surface area contributed by atoms with Crippen molar-refractivity contribution in [2.24, 2.45) is 0 Å². The van der Waals surface area contributed by atoms with E-state index in [0.717, 1.165) is 38.7 Å². The summed E-state index contributed by atoms with van der Waals surface area (Å²) in [6.07, 6.45) is 0. The molecule has 0 aliphatic carbocycles. The van der Waals surface area contributed by atoms with Gasteiger partial charge >= 0.3 is 0 Å². The molecule has 2 aromatic heterocycles. The molecule has 0 fully saturated rings. The fourth-order valence-electron chi connectivity index (χ4n) is 2.50. The zero-order valence-corrected chi connectivity index (χ0v) is 15.9. The van der Waals surface area contributed by atoms with Gasteiger partial charge in [0.25, 0.3) is 0 Å². The number of hydrogen-bond acceptors (Lipinski definition) is 6. The van der Waals surface area contributed by atoms with E-state index < -0.39 is 0 Å². The first-order valence-corrected chi connectivity index (χ1v) is 9.11. The Hall–Kier alpha value is -1.60. The normalized spacial score (nSPS) is 11.4. The molecular formula is C16H18BrN5S. The Bertz CT molecular complexity index is 846. The summed E-state index contributed by atoms with van der Waals surface area (Å²) in [4.78, 5) is 12.0. The average molecular weight is 392 g/mol. The minimum Gasteiger partial charge on any atom is -0.324 e. The van der Waals surface area contributed by atoms with Crippen molar-refractivity contribution in [3.63, 3.8) is 0 Å². The van der Waals surface area contributed by atoms with Crippen molar-refractivity contribution in [1.29, 1.82) is 0 Å². The summed E-state index contributed by atoms with van der Waals surface area (Å²) in [5.41, 5.74) is 3.13. The topological polar surface area (TPSA) is 54.8 Å². The van der Waals surface area contributed by atoms with Gasteiger partial charge in [-0.1, -0.05) is 24.4 Å². The van der Waals surface area contributed by atoms with E-state index in [9.17, 15) is 0 Å². The summed E-state index contributed by atoms with van der Waals surface area (Å²) < 4.78 is 5.08. The second-order valence-electron chi connectivity index (χ2n) is 5.63. The van der Waals surface area contributed by atoms with Crippen molar-refractivity contribution in [3.8, 4) is 0 Å². The van der Waals surface area contributed by atoms with Crippen LogP contribution in [0.3, 0.4) is 0 Å². The molecule has 0 N–H and O–H groups in total. The van der Waals surface area contributed by atoms with Crippen LogP contribution in [0, 0.1) is 6.92 Å². The fraction of sp³-hybridized carbons (Fsp3) is 0.375. The molecule has 3 rings (SSSR count). The van der Waals surface area contributed by atoms with Gasteiger partial charge in [0.05, 0.1) is 5.69 Å². The first-order valence-electron chi connectivity index (χ1n) is 7.55. The zero-order chi connectivity index (χ0) is 16.6. The molecule has 0 atom stereocenters. The van der Waals surface area contributed by atoms with Gasteiger partial charge in [0.1, 0.15) is 5.82 Å². The number of aromatic nitrogens is 4. The van der Waals surface area contributed by atoms with E-state index in [4.69, 9.17) is 0 Å². The quantitative estimate of drug-likeness (QED) is 0.636. The van der Waals surface area contributed by atoms with Crippen LogP contribution >= 0.6 is 27.5 Å². The first kappa shape index (κ1) is 16.3. The van der Waals surface area contributed by atoms with Crippen LogP contribution in [0.2, 0.25) is 0 Å². The SMILES string of the molecule is CCN(c1ccc(C(C)C)cc1Br)c1nc(C)nc2snnc12. The maximum atomic E-state index is 4.62. The summed E-state index contributed by atoms with van der Waals surface area (Å²) in [7, 11) is 0. The molecule has 5 nitrogen and oxygen atoms in total. The van der Waals surface area contributed by atoms with Crippen LogP contribution < -0.4 is 4.90 Å². The lowest BCUT2D eigenvalue weighted by atomic mass is 10.0. The smallest absolute Gasteiger partial charge is 0.169 e. The molecule has 1 aromatic carbocycles. The fourth-order valence-corrected chi connectivity index (χ4v) is 3.70. The summed E-state index contributed by atoms with van der Waals surface area (Å²) in [6, 6.07) is 6.47. The zero-order valence-electron chi connectivity index (χ0n) is 13.5. The molecule has 0 radical (unpaired) electrons. The molecule has 2 heterocycles. The second kappa shape index (κ2) is 6.49. The number of halogens is 1. The Morgan fingerprint density at radius 3 is 2.70 bits per heavy atom. The van der Waals surface area contributed by atoms with Gasteiger partial charge in [-0.3, -0.25) is 0 Å². The van der Waals surface area contributed by atoms with Crippen LogP contribution in [0.25, 0.3) is 10.3 Å². The van der Waals surface area contributed by atoms with E-state index in [-0.39, 0.29) is 0 Å². The van der Waals surface area contributed by atoms with Crippen LogP contribution in [0.1, 0.15) is 38.1 Å². The van der Waals surface area contributed by atoms with Crippen molar-refractivity contribution >= 4 is 49.3 Å². The Morgan fingerprint density at radius 1 is 1.26 bits per heavy atom. The van der Waals surface area contributed by atoms with Gasteiger partial charge in [-0.2, -0.15) is 0 Å². The predicted octanol–water partition coefficient (Wildman–Crippen LogP) is 4.83. The lowest BCUT2D eigenvalue weighted by molar-refractivity contribution is 0.864. The van der Waals surface area contributed by atoms with Crippen LogP contribution in [0.15, 0.2) is 22.7 Å². The highest BCUT2D eigenvalue weighted by atomic mass is 79.9. The van der Waals surface area contributed by atoms with Crippen LogP contribution in [0.5, 0.6) is 0 Å². The molecular weight excluding hydrogens is 374 g/mol. The molecule has 0 aliphatic heterocycles. The molecule has 23 heavy (non-hydrogen) atoms. The van der Waals surface area contributed by atoms with Gasteiger partial charge in [0.2, 0.25) is 0 Å². The molecule has 0 saturated carbocycles. The molecule has 0 saturated heterocycles. The maximum Gasteiger partial charge on any atom is 0.169 e. The van der Waals surface area contributed by atoms with E-state index in [0.29, 0.717) is 5.92 Å². The summed E-state index contributed by atoms with van der Waals surface area (Å²) in [5.74, 6) is 2.03. The molecule has 0 aliphatic rings. The van der Waals surface area contributed by atoms with Crippen molar-refractivity contribution < 1.29 is 0 Å². The number of nitrogens with zero attached hydrogens (tertiary/aromatic N) is 5. The van der Waals surface area contributed by atoms with Crippen molar-refractivity contribution in [2.45, 2.75) is 33.6 Å². The third-order valence-electron chi connectivity index (χ3n) is 3.71. The lowest BCUT2D eigenvalue weighted by Gasteiger charge is -2.24. The van der Waals surface area contributed by atoms with E-state index in [1.165, 1.54) is 17.1 Å². The minimum atomic E-state index is 0.492. The van der Waals surface area contributed by atoms with Crippen molar-refractivity contribution in [2.75, 3.05) is 11.4 Å². The Balaban J connectivity index is 2.14. The Morgan fingerprint density at radius 2 is 2.04 bits per heavy atom. The molecule has 0 unspecified atom stereocenters. The summed E-state index contributed by atoms with van der Waals surface area (Å²) in [6.45, 7) is 9.16. The number of rotatable bonds is 4. The molecule has 120 valence electrons. The molecule has 0 bridgehead atoms. The largest absolute Gasteiger partial charge is 0.324 e. The van der Waals surface area contributed by atoms with E-state index in [1.54, 1.807) is 0 Å². The van der Waals surface area contributed by atoms with Crippen molar-refractivity contribution in [3.05, 3.63) is 34.1 Å². The average Bonchev–Trinajstić information content (AvgIpc) is 2.97. The van der Waals surface area contributed by atoms with Gasteiger partial charge in [-0.15, -0.1) is 5.10 Å². The number of anilines is 2. The van der Waals surface area contributed by atoms with Gasteiger partial charge in [0.15, 0.2) is 16.2 Å². The number of benzene rings is 1. The third-order valence-corrected chi connectivity index (χ3v) is 4.97. The van der Waals surface area contributed by atoms with E-state index in [1.807, 2.05) is 6.92 Å².